The lowest BCUT2D eigenvalue weighted by molar-refractivity contribution is 0.223. The summed E-state index contributed by atoms with van der Waals surface area (Å²) in [6, 6.07) is 0.555. The second-order valence-electron chi connectivity index (χ2n) is 3.70. The van der Waals surface area contributed by atoms with Gasteiger partial charge in [-0.25, -0.2) is 0 Å². The van der Waals surface area contributed by atoms with E-state index in [4.69, 9.17) is 5.26 Å². The van der Waals surface area contributed by atoms with Crippen molar-refractivity contribution >= 4 is 0 Å². The number of hydrogen-bond acceptors (Lipinski definition) is 4. The second-order valence-corrected chi connectivity index (χ2v) is 3.70. The highest BCUT2D eigenvalue weighted by Crippen LogP contribution is 2.33. The zero-order valence-corrected chi connectivity index (χ0v) is 7.14. The molecule has 0 radical (unpaired) electrons. The Morgan fingerprint density at radius 2 is 2.33 bits per heavy atom. The molecule has 1 saturated carbocycles. The summed E-state index contributed by atoms with van der Waals surface area (Å²) in [7, 11) is 0. The summed E-state index contributed by atoms with van der Waals surface area (Å²) in [5.74, 6) is 0.740. The van der Waals surface area contributed by atoms with Crippen LogP contribution in [-0.2, 0) is 0 Å². The van der Waals surface area contributed by atoms with Crippen LogP contribution in [0.4, 0.5) is 0 Å². The molecular formula is C8H12N4. The predicted molar refractivity (Wildman–Crippen MR) is 42.9 cm³/mol. The molecule has 0 aromatic heterocycles. The summed E-state index contributed by atoms with van der Waals surface area (Å²) < 4.78 is 0. The van der Waals surface area contributed by atoms with E-state index >= 15 is 0 Å². The van der Waals surface area contributed by atoms with Crippen molar-refractivity contribution in [3.63, 3.8) is 0 Å². The van der Waals surface area contributed by atoms with Gasteiger partial charge < -0.3 is 0 Å². The first-order valence-electron chi connectivity index (χ1n) is 4.41. The molecular weight excluding hydrogens is 152 g/mol. The van der Waals surface area contributed by atoms with Crippen molar-refractivity contribution in [3.05, 3.63) is 0 Å². The Balaban J connectivity index is 2.08. The summed E-state index contributed by atoms with van der Waals surface area (Å²) in [6.07, 6.45) is 5.40. The molecule has 0 saturated heterocycles. The average molecular weight is 164 g/mol. The third-order valence-electron chi connectivity index (χ3n) is 2.76. The highest BCUT2D eigenvalue weighted by molar-refractivity contribution is 4.95. The normalized spacial score (nSPS) is 39.3. The first-order chi connectivity index (χ1) is 5.81. The Morgan fingerprint density at radius 1 is 1.50 bits per heavy atom. The Morgan fingerprint density at radius 3 is 3.08 bits per heavy atom. The van der Waals surface area contributed by atoms with E-state index in [1.165, 1.54) is 11.4 Å². The molecule has 0 aromatic rings. The van der Waals surface area contributed by atoms with E-state index in [0.29, 0.717) is 0 Å². The predicted octanol–water partition coefficient (Wildman–Crippen LogP) is 1.71. The van der Waals surface area contributed by atoms with Gasteiger partial charge in [-0.3, -0.25) is 0 Å². The van der Waals surface area contributed by atoms with Gasteiger partial charge in [0.25, 0.3) is 0 Å². The van der Waals surface area contributed by atoms with Crippen molar-refractivity contribution in [2.75, 3.05) is 0 Å². The zero-order chi connectivity index (χ0) is 8.55. The first kappa shape index (κ1) is 7.53. The van der Waals surface area contributed by atoms with Gasteiger partial charge in [-0.1, -0.05) is 12.1 Å². The minimum Gasteiger partial charge on any atom is -0.176 e. The topological polar surface area (TPSA) is 51.8 Å². The first-order valence-corrected chi connectivity index (χ1v) is 4.41. The molecule has 64 valence electrons. The molecule has 0 aromatic carbocycles. The van der Waals surface area contributed by atoms with Crippen LogP contribution < -0.4 is 0 Å². The van der Waals surface area contributed by atoms with Crippen molar-refractivity contribution in [2.45, 2.75) is 38.3 Å². The SMILES string of the molecule is CC1CC[C@H]2C(C1)N=NN2C#N. The molecule has 1 aliphatic heterocycles. The smallest absolute Gasteiger partial charge is 0.176 e. The molecule has 0 N–H and O–H groups in total. The molecule has 4 nitrogen and oxygen atoms in total. The van der Waals surface area contributed by atoms with Crippen molar-refractivity contribution in [2.24, 2.45) is 16.3 Å². The quantitative estimate of drug-likeness (QED) is 0.512. The molecule has 0 amide bonds. The summed E-state index contributed by atoms with van der Waals surface area (Å²) in [6.45, 7) is 2.24. The Labute approximate surface area is 71.9 Å². The maximum Gasteiger partial charge on any atom is 0.203 e. The van der Waals surface area contributed by atoms with Gasteiger partial charge in [0.2, 0.25) is 6.19 Å². The molecule has 0 bridgehead atoms. The van der Waals surface area contributed by atoms with E-state index in [2.05, 4.69) is 23.5 Å². The third kappa shape index (κ3) is 1.06. The summed E-state index contributed by atoms with van der Waals surface area (Å²) in [4.78, 5) is 0. The van der Waals surface area contributed by atoms with Crippen LogP contribution in [0.1, 0.15) is 26.2 Å². The minimum absolute atomic E-state index is 0.270. The van der Waals surface area contributed by atoms with Crippen LogP contribution >= 0.6 is 0 Å². The molecule has 1 heterocycles. The Bertz CT molecular complexity index is 242. The van der Waals surface area contributed by atoms with E-state index in [0.717, 1.165) is 18.8 Å². The molecule has 0 spiro atoms. The average Bonchev–Trinajstić information content (AvgIpc) is 2.46. The molecule has 4 heteroatoms. The largest absolute Gasteiger partial charge is 0.203 e. The summed E-state index contributed by atoms with van der Waals surface area (Å²) in [5.41, 5.74) is 0. The lowest BCUT2D eigenvalue weighted by atomic mass is 9.84. The van der Waals surface area contributed by atoms with Crippen LogP contribution in [0.2, 0.25) is 0 Å². The maximum atomic E-state index is 8.69. The van der Waals surface area contributed by atoms with E-state index in [1.807, 2.05) is 0 Å². The van der Waals surface area contributed by atoms with Gasteiger partial charge in [0, 0.05) is 0 Å². The molecule has 2 aliphatic rings. The van der Waals surface area contributed by atoms with Crippen LogP contribution in [0, 0.1) is 17.4 Å². The van der Waals surface area contributed by atoms with Gasteiger partial charge in [-0.2, -0.15) is 15.4 Å². The lowest BCUT2D eigenvalue weighted by Crippen LogP contribution is -2.36. The minimum atomic E-state index is 0.270. The van der Waals surface area contributed by atoms with Crippen LogP contribution in [-0.4, -0.2) is 17.1 Å². The van der Waals surface area contributed by atoms with E-state index in [-0.39, 0.29) is 12.1 Å². The molecule has 3 atom stereocenters. The van der Waals surface area contributed by atoms with E-state index in [9.17, 15) is 0 Å². The van der Waals surface area contributed by atoms with Crippen molar-refractivity contribution in [1.82, 2.24) is 5.01 Å². The second kappa shape index (κ2) is 2.74. The number of fused-ring (bicyclic) bond motifs is 1. The fourth-order valence-corrected chi connectivity index (χ4v) is 2.03. The van der Waals surface area contributed by atoms with Crippen LogP contribution in [0.3, 0.4) is 0 Å². The van der Waals surface area contributed by atoms with E-state index in [1.54, 1.807) is 0 Å². The van der Waals surface area contributed by atoms with Crippen molar-refractivity contribution in [3.8, 4) is 6.19 Å². The van der Waals surface area contributed by atoms with Gasteiger partial charge in [-0.05, 0) is 25.2 Å². The van der Waals surface area contributed by atoms with Gasteiger partial charge in [0.05, 0.1) is 12.1 Å². The van der Waals surface area contributed by atoms with Crippen LogP contribution in [0.25, 0.3) is 0 Å². The Kier molecular flexibility index (Phi) is 1.72. The molecule has 1 aliphatic carbocycles. The zero-order valence-electron chi connectivity index (χ0n) is 7.14. The molecule has 2 unspecified atom stereocenters. The number of nitrogens with zero attached hydrogens (tertiary/aromatic N) is 4. The summed E-state index contributed by atoms with van der Waals surface area (Å²) in [5, 5.41) is 18.1. The summed E-state index contributed by atoms with van der Waals surface area (Å²) >= 11 is 0. The van der Waals surface area contributed by atoms with E-state index < -0.39 is 0 Å². The highest BCUT2D eigenvalue weighted by Gasteiger charge is 2.37. The molecule has 1 fully saturated rings. The number of nitriles is 1. The fraction of sp³-hybridized carbons (Fsp3) is 0.875. The van der Waals surface area contributed by atoms with Gasteiger partial charge in [0.1, 0.15) is 0 Å². The Hall–Kier alpha value is -1.11. The molecule has 12 heavy (non-hydrogen) atoms. The van der Waals surface area contributed by atoms with Gasteiger partial charge >= 0.3 is 0 Å². The van der Waals surface area contributed by atoms with Crippen molar-refractivity contribution in [1.29, 1.82) is 5.26 Å². The van der Waals surface area contributed by atoms with Gasteiger partial charge in [0.15, 0.2) is 0 Å². The van der Waals surface area contributed by atoms with Crippen LogP contribution in [0.15, 0.2) is 10.3 Å². The number of hydrogen-bond donors (Lipinski definition) is 0. The number of rotatable bonds is 0. The monoisotopic (exact) mass is 164 g/mol. The van der Waals surface area contributed by atoms with Gasteiger partial charge in [-0.15, -0.1) is 0 Å². The lowest BCUT2D eigenvalue weighted by Gasteiger charge is -2.28. The highest BCUT2D eigenvalue weighted by atomic mass is 15.6. The third-order valence-corrected chi connectivity index (χ3v) is 2.76. The maximum absolute atomic E-state index is 8.69. The van der Waals surface area contributed by atoms with Crippen molar-refractivity contribution < 1.29 is 0 Å². The molecule has 2 rings (SSSR count). The van der Waals surface area contributed by atoms with Crippen LogP contribution in [0.5, 0.6) is 0 Å². The fourth-order valence-electron chi connectivity index (χ4n) is 2.03. The standard InChI is InChI=1S/C8H12N4/c1-6-2-3-8-7(4-6)10-11-12(8)5-9/h6-8H,2-4H2,1H3/t6?,7?,8-/m0/s1.